The maximum atomic E-state index is 14.1. The minimum absolute atomic E-state index is 0.0869. The van der Waals surface area contributed by atoms with Gasteiger partial charge < -0.3 is 10.2 Å². The number of benzene rings is 3. The summed E-state index contributed by atoms with van der Waals surface area (Å²) in [6, 6.07) is 18.7. The maximum Gasteiger partial charge on any atom is 0.264 e. The molecule has 40 heavy (non-hydrogen) atoms. The van der Waals surface area contributed by atoms with Crippen LogP contribution in [-0.4, -0.2) is 43.3 Å². The highest BCUT2D eigenvalue weighted by Gasteiger charge is 2.34. The van der Waals surface area contributed by atoms with Crippen LogP contribution >= 0.6 is 15.9 Å². The van der Waals surface area contributed by atoms with Crippen molar-refractivity contribution in [3.05, 3.63) is 93.5 Å². The molecule has 0 aliphatic rings. The number of halogens is 1. The third-order valence-electron chi connectivity index (χ3n) is 6.43. The van der Waals surface area contributed by atoms with Gasteiger partial charge in [-0.05, 0) is 95.5 Å². The Bertz CT molecular complexity index is 1480. The lowest BCUT2D eigenvalue weighted by molar-refractivity contribution is -0.140. The lowest BCUT2D eigenvalue weighted by Gasteiger charge is -2.34. The molecule has 0 heterocycles. The predicted octanol–water partition coefficient (Wildman–Crippen LogP) is 5.90. The Kier molecular flexibility index (Phi) is 9.85. The van der Waals surface area contributed by atoms with Crippen LogP contribution in [0, 0.1) is 20.8 Å². The first-order chi connectivity index (χ1) is 18.6. The summed E-state index contributed by atoms with van der Waals surface area (Å²) in [5.41, 5.74) is 3.22. The number of hydrogen-bond acceptors (Lipinski definition) is 4. The van der Waals surface area contributed by atoms with Crippen LogP contribution in [-0.2, 0) is 26.2 Å². The standard InChI is InChI=1S/C31H38BrN3O4S/c1-21-12-15-27(16-13-21)40(38,39)35(28-17-22(2)11-14-23(28)3)20-29(36)34(19-25-9-8-10-26(32)18-25)24(4)30(37)33-31(5,6)7/h8-18,24H,19-20H2,1-7H3,(H,33,37). The average molecular weight is 629 g/mol. The van der Waals surface area contributed by atoms with Gasteiger partial charge in [-0.25, -0.2) is 8.42 Å². The fraction of sp³-hybridized carbons (Fsp3) is 0.355. The molecule has 0 saturated heterocycles. The van der Waals surface area contributed by atoms with Gasteiger partial charge in [0.25, 0.3) is 10.0 Å². The minimum atomic E-state index is -4.12. The van der Waals surface area contributed by atoms with Gasteiger partial charge in [0.15, 0.2) is 0 Å². The van der Waals surface area contributed by atoms with E-state index in [1.807, 2.05) is 77.9 Å². The molecule has 0 aliphatic carbocycles. The van der Waals surface area contributed by atoms with Crippen molar-refractivity contribution in [1.82, 2.24) is 10.2 Å². The van der Waals surface area contributed by atoms with Crippen molar-refractivity contribution < 1.29 is 18.0 Å². The quantitative estimate of drug-likeness (QED) is 0.320. The number of anilines is 1. The Labute approximate surface area is 246 Å². The first-order valence-corrected chi connectivity index (χ1v) is 15.3. The Morgan fingerprint density at radius 3 is 2.15 bits per heavy atom. The maximum absolute atomic E-state index is 14.1. The average Bonchev–Trinajstić information content (AvgIpc) is 2.86. The molecule has 2 amide bonds. The highest BCUT2D eigenvalue weighted by molar-refractivity contribution is 9.10. The van der Waals surface area contributed by atoms with Gasteiger partial charge >= 0.3 is 0 Å². The van der Waals surface area contributed by atoms with Crippen molar-refractivity contribution in [3.8, 4) is 0 Å². The number of carbonyl (C=O) groups is 2. The number of nitrogens with one attached hydrogen (secondary N) is 1. The van der Waals surface area contributed by atoms with Crippen LogP contribution in [0.25, 0.3) is 0 Å². The monoisotopic (exact) mass is 627 g/mol. The second-order valence-electron chi connectivity index (χ2n) is 11.2. The molecule has 1 atom stereocenters. The number of hydrogen-bond donors (Lipinski definition) is 1. The Morgan fingerprint density at radius 1 is 0.925 bits per heavy atom. The van der Waals surface area contributed by atoms with Gasteiger partial charge in [0, 0.05) is 16.6 Å². The second-order valence-corrected chi connectivity index (χ2v) is 14.0. The topological polar surface area (TPSA) is 86.8 Å². The summed E-state index contributed by atoms with van der Waals surface area (Å²) in [5, 5.41) is 2.94. The van der Waals surface area contributed by atoms with Crippen molar-refractivity contribution in [2.24, 2.45) is 0 Å². The first kappa shape index (κ1) is 31.4. The summed E-state index contributed by atoms with van der Waals surface area (Å²) in [6.45, 7) is 12.5. The van der Waals surface area contributed by atoms with Crippen molar-refractivity contribution in [2.45, 2.75) is 71.5 Å². The van der Waals surface area contributed by atoms with Gasteiger partial charge in [-0.3, -0.25) is 13.9 Å². The number of aryl methyl sites for hydroxylation is 3. The van der Waals surface area contributed by atoms with E-state index in [4.69, 9.17) is 0 Å². The summed E-state index contributed by atoms with van der Waals surface area (Å²) in [6.07, 6.45) is 0. The highest BCUT2D eigenvalue weighted by atomic mass is 79.9. The van der Waals surface area contributed by atoms with E-state index in [9.17, 15) is 18.0 Å². The number of rotatable bonds is 9. The number of sulfonamides is 1. The Balaban J connectivity index is 2.08. The Hall–Kier alpha value is -3.17. The lowest BCUT2D eigenvalue weighted by Crippen LogP contribution is -2.54. The first-order valence-electron chi connectivity index (χ1n) is 13.1. The molecule has 0 spiro atoms. The van der Waals surface area contributed by atoms with E-state index >= 15 is 0 Å². The molecule has 0 saturated carbocycles. The zero-order chi connectivity index (χ0) is 29.8. The van der Waals surface area contributed by atoms with Crippen LogP contribution in [0.2, 0.25) is 0 Å². The lowest BCUT2D eigenvalue weighted by atomic mass is 10.1. The largest absolute Gasteiger partial charge is 0.350 e. The van der Waals surface area contributed by atoms with E-state index in [2.05, 4.69) is 21.2 Å². The molecule has 0 fully saturated rings. The third-order valence-corrected chi connectivity index (χ3v) is 8.70. The van der Waals surface area contributed by atoms with Gasteiger partial charge in [0.05, 0.1) is 10.6 Å². The zero-order valence-electron chi connectivity index (χ0n) is 24.2. The fourth-order valence-corrected chi connectivity index (χ4v) is 6.14. The van der Waals surface area contributed by atoms with E-state index in [1.54, 1.807) is 37.3 Å². The van der Waals surface area contributed by atoms with Crippen LogP contribution in [0.5, 0.6) is 0 Å². The van der Waals surface area contributed by atoms with E-state index in [1.165, 1.54) is 4.90 Å². The van der Waals surface area contributed by atoms with Crippen LogP contribution in [0.1, 0.15) is 49.9 Å². The van der Waals surface area contributed by atoms with Crippen LogP contribution in [0.3, 0.4) is 0 Å². The number of nitrogens with zero attached hydrogens (tertiary/aromatic N) is 2. The molecular weight excluding hydrogens is 590 g/mol. The summed E-state index contributed by atoms with van der Waals surface area (Å²) in [4.78, 5) is 28.8. The molecule has 0 aromatic heterocycles. The molecule has 3 rings (SSSR count). The molecule has 0 aliphatic heterocycles. The highest BCUT2D eigenvalue weighted by Crippen LogP contribution is 2.29. The van der Waals surface area contributed by atoms with Crippen molar-refractivity contribution in [2.75, 3.05) is 10.8 Å². The zero-order valence-corrected chi connectivity index (χ0v) is 26.6. The van der Waals surface area contributed by atoms with Gasteiger partial charge in [0.2, 0.25) is 11.8 Å². The van der Waals surface area contributed by atoms with Crippen LogP contribution < -0.4 is 9.62 Å². The fourth-order valence-electron chi connectivity index (χ4n) is 4.23. The third kappa shape index (κ3) is 7.95. The second kappa shape index (κ2) is 12.6. The van der Waals surface area contributed by atoms with Crippen LogP contribution in [0.15, 0.2) is 76.1 Å². The van der Waals surface area contributed by atoms with E-state index in [-0.39, 0.29) is 17.3 Å². The summed E-state index contributed by atoms with van der Waals surface area (Å²) >= 11 is 3.47. The molecule has 9 heteroatoms. The predicted molar refractivity (Wildman–Crippen MR) is 164 cm³/mol. The molecule has 3 aromatic rings. The van der Waals surface area contributed by atoms with E-state index in [0.717, 1.165) is 25.5 Å². The smallest absolute Gasteiger partial charge is 0.264 e. The van der Waals surface area contributed by atoms with Gasteiger partial charge in [-0.1, -0.05) is 57.9 Å². The molecule has 3 aromatic carbocycles. The van der Waals surface area contributed by atoms with Gasteiger partial charge in [0.1, 0.15) is 12.6 Å². The molecule has 0 bridgehead atoms. The molecular formula is C31H38BrN3O4S. The van der Waals surface area contributed by atoms with E-state index in [0.29, 0.717) is 11.3 Å². The molecule has 0 radical (unpaired) electrons. The number of carbonyl (C=O) groups excluding carboxylic acids is 2. The molecule has 1 unspecified atom stereocenters. The van der Waals surface area contributed by atoms with Crippen LogP contribution in [0.4, 0.5) is 5.69 Å². The summed E-state index contributed by atoms with van der Waals surface area (Å²) in [7, 11) is -4.12. The Morgan fingerprint density at radius 2 is 1.55 bits per heavy atom. The van der Waals surface area contributed by atoms with Crippen molar-refractivity contribution in [3.63, 3.8) is 0 Å². The molecule has 7 nitrogen and oxygen atoms in total. The number of amides is 2. The van der Waals surface area contributed by atoms with Gasteiger partial charge in [-0.15, -0.1) is 0 Å². The molecule has 1 N–H and O–H groups in total. The van der Waals surface area contributed by atoms with E-state index < -0.39 is 34.1 Å². The van der Waals surface area contributed by atoms with Crippen molar-refractivity contribution in [1.29, 1.82) is 0 Å². The van der Waals surface area contributed by atoms with Crippen molar-refractivity contribution >= 4 is 43.5 Å². The summed E-state index contributed by atoms with van der Waals surface area (Å²) in [5.74, 6) is -0.816. The molecule has 214 valence electrons. The SMILES string of the molecule is Cc1ccc(S(=O)(=O)N(CC(=O)N(Cc2cccc(Br)c2)C(C)C(=O)NC(C)(C)C)c2cc(C)ccc2C)cc1. The van der Waals surface area contributed by atoms with Gasteiger partial charge in [-0.2, -0.15) is 0 Å². The normalized spacial score (nSPS) is 12.5. The minimum Gasteiger partial charge on any atom is -0.350 e. The summed E-state index contributed by atoms with van der Waals surface area (Å²) < 4.78 is 30.1.